The number of phenolic OH excluding ortho intramolecular Hbond substituents is 1. The van der Waals surface area contributed by atoms with Crippen molar-refractivity contribution in [2.45, 2.75) is 18.1 Å². The van der Waals surface area contributed by atoms with Gasteiger partial charge in [-0.3, -0.25) is 9.59 Å². The molecule has 10 heteroatoms. The van der Waals surface area contributed by atoms with Crippen molar-refractivity contribution in [1.82, 2.24) is 15.4 Å². The molecule has 0 spiro atoms. The highest BCUT2D eigenvalue weighted by Gasteiger charge is 2.43. The van der Waals surface area contributed by atoms with Crippen molar-refractivity contribution in [3.05, 3.63) is 54.1 Å². The zero-order valence-electron chi connectivity index (χ0n) is 16.6. The van der Waals surface area contributed by atoms with Crippen molar-refractivity contribution in [3.63, 3.8) is 0 Å². The van der Waals surface area contributed by atoms with Crippen molar-refractivity contribution in [3.8, 4) is 5.75 Å². The molecule has 1 aliphatic carbocycles. The summed E-state index contributed by atoms with van der Waals surface area (Å²) < 4.78 is 27.2. The van der Waals surface area contributed by atoms with Crippen LogP contribution in [0, 0.1) is 5.92 Å². The van der Waals surface area contributed by atoms with Gasteiger partial charge in [-0.1, -0.05) is 36.4 Å². The third-order valence-electron chi connectivity index (χ3n) is 4.90. The van der Waals surface area contributed by atoms with E-state index in [0.717, 1.165) is 5.56 Å². The molecular weight excluding hydrogens is 430 g/mol. The van der Waals surface area contributed by atoms with Gasteiger partial charge in [-0.2, -0.15) is 0 Å². The monoisotopic (exact) mass is 455 g/mol. The fraction of sp³-hybridized carbons (Fsp3) is 0.400. The van der Waals surface area contributed by atoms with Crippen molar-refractivity contribution in [1.29, 1.82) is 0 Å². The SMILES string of the molecule is CC1(S(=O)(=O)NCC(=O)NCCNC(=O)CCl)C=CC=CC1Cc1ccc(O)cc1. The van der Waals surface area contributed by atoms with Gasteiger partial charge in [-0.05, 0) is 31.0 Å². The van der Waals surface area contributed by atoms with Crippen LogP contribution in [0.2, 0.25) is 0 Å². The number of hydrogen-bond donors (Lipinski definition) is 4. The van der Waals surface area contributed by atoms with Crippen LogP contribution in [0.1, 0.15) is 12.5 Å². The smallest absolute Gasteiger partial charge is 0.235 e. The van der Waals surface area contributed by atoms with Gasteiger partial charge < -0.3 is 15.7 Å². The number of aromatic hydroxyl groups is 1. The van der Waals surface area contributed by atoms with Gasteiger partial charge in [0.05, 0.1) is 6.54 Å². The number of alkyl halides is 1. The van der Waals surface area contributed by atoms with Crippen LogP contribution >= 0.6 is 11.6 Å². The average molecular weight is 456 g/mol. The lowest BCUT2D eigenvalue weighted by Gasteiger charge is -2.34. The van der Waals surface area contributed by atoms with Crippen LogP contribution in [-0.4, -0.2) is 55.6 Å². The Hall–Kier alpha value is -2.36. The summed E-state index contributed by atoms with van der Waals surface area (Å²) in [5.74, 6) is -1.25. The zero-order valence-corrected chi connectivity index (χ0v) is 18.2. The Labute approximate surface area is 181 Å². The van der Waals surface area contributed by atoms with Gasteiger partial charge in [-0.25, -0.2) is 13.1 Å². The normalized spacial score (nSPS) is 20.7. The maximum atomic E-state index is 13.0. The van der Waals surface area contributed by atoms with Crippen LogP contribution in [0.25, 0.3) is 0 Å². The lowest BCUT2D eigenvalue weighted by Crippen LogP contribution is -2.51. The van der Waals surface area contributed by atoms with E-state index in [9.17, 15) is 23.1 Å². The van der Waals surface area contributed by atoms with Crippen molar-refractivity contribution in [2.24, 2.45) is 5.92 Å². The van der Waals surface area contributed by atoms with Gasteiger partial charge in [0.15, 0.2) is 0 Å². The first-order chi connectivity index (χ1) is 14.2. The van der Waals surface area contributed by atoms with Gasteiger partial charge in [-0.15, -0.1) is 11.6 Å². The predicted octanol–water partition coefficient (Wildman–Crippen LogP) is 0.826. The summed E-state index contributed by atoms with van der Waals surface area (Å²) >= 11 is 5.35. The molecule has 0 aromatic heterocycles. The minimum Gasteiger partial charge on any atom is -0.508 e. The van der Waals surface area contributed by atoms with E-state index in [1.165, 1.54) is 0 Å². The second-order valence-electron chi connectivity index (χ2n) is 7.06. The Morgan fingerprint density at radius 2 is 1.73 bits per heavy atom. The number of amides is 2. The molecule has 2 unspecified atom stereocenters. The molecule has 0 radical (unpaired) electrons. The van der Waals surface area contributed by atoms with Crippen molar-refractivity contribution < 1.29 is 23.1 Å². The molecule has 1 aromatic carbocycles. The number of carbonyl (C=O) groups is 2. The van der Waals surface area contributed by atoms with Gasteiger partial charge in [0.1, 0.15) is 16.4 Å². The maximum Gasteiger partial charge on any atom is 0.235 e. The van der Waals surface area contributed by atoms with Crippen LogP contribution in [0.5, 0.6) is 5.75 Å². The molecule has 0 heterocycles. The Balaban J connectivity index is 1.97. The van der Waals surface area contributed by atoms with Gasteiger partial charge >= 0.3 is 0 Å². The number of rotatable bonds is 10. The van der Waals surface area contributed by atoms with Crippen LogP contribution < -0.4 is 15.4 Å². The standard InChI is InChI=1S/C20H26ClN3O5S/c1-20(9-3-2-4-16(20)12-15-5-7-17(25)8-6-15)30(28,29)24-14-19(27)23-11-10-22-18(26)13-21/h2-9,16,24-25H,10-14H2,1H3,(H,22,26)(H,23,27). The highest BCUT2D eigenvalue weighted by atomic mass is 35.5. The summed E-state index contributed by atoms with van der Waals surface area (Å²) in [6, 6.07) is 6.61. The molecule has 30 heavy (non-hydrogen) atoms. The summed E-state index contributed by atoms with van der Waals surface area (Å²) in [6.07, 6.45) is 7.35. The molecule has 8 nitrogen and oxygen atoms in total. The molecule has 2 atom stereocenters. The first-order valence-electron chi connectivity index (χ1n) is 9.40. The van der Waals surface area contributed by atoms with Crippen LogP contribution in [0.4, 0.5) is 0 Å². The quantitative estimate of drug-likeness (QED) is 0.307. The van der Waals surface area contributed by atoms with E-state index in [4.69, 9.17) is 11.6 Å². The third kappa shape index (κ3) is 6.32. The fourth-order valence-electron chi connectivity index (χ4n) is 3.03. The topological polar surface area (TPSA) is 125 Å². The Morgan fingerprint density at radius 3 is 2.37 bits per heavy atom. The number of sulfonamides is 1. The van der Waals surface area contributed by atoms with Gasteiger partial charge in [0, 0.05) is 19.0 Å². The Bertz CT molecular complexity index is 915. The molecule has 0 aliphatic heterocycles. The van der Waals surface area contributed by atoms with E-state index in [0.29, 0.717) is 6.42 Å². The summed E-state index contributed by atoms with van der Waals surface area (Å²) in [7, 11) is -3.89. The zero-order chi connectivity index (χ0) is 22.2. The lowest BCUT2D eigenvalue weighted by molar-refractivity contribution is -0.121. The molecular formula is C20H26ClN3O5S. The second kappa shape index (κ2) is 10.6. The van der Waals surface area contributed by atoms with E-state index in [1.807, 2.05) is 6.08 Å². The highest BCUT2D eigenvalue weighted by Crippen LogP contribution is 2.34. The third-order valence-corrected chi connectivity index (χ3v) is 7.27. The van der Waals surface area contributed by atoms with E-state index >= 15 is 0 Å². The van der Waals surface area contributed by atoms with E-state index in [2.05, 4.69) is 15.4 Å². The summed E-state index contributed by atoms with van der Waals surface area (Å²) in [5, 5.41) is 14.5. The number of carbonyl (C=O) groups excluding carboxylic acids is 2. The van der Waals surface area contributed by atoms with Crippen LogP contribution in [0.15, 0.2) is 48.6 Å². The summed E-state index contributed by atoms with van der Waals surface area (Å²) in [4.78, 5) is 23.0. The number of nitrogens with one attached hydrogen (secondary N) is 3. The molecule has 2 rings (SSSR count). The van der Waals surface area contributed by atoms with E-state index in [-0.39, 0.29) is 36.5 Å². The van der Waals surface area contributed by atoms with Gasteiger partial charge in [0.25, 0.3) is 0 Å². The maximum absolute atomic E-state index is 13.0. The number of phenols is 1. The molecule has 2 amide bonds. The predicted molar refractivity (Wildman–Crippen MR) is 116 cm³/mol. The van der Waals surface area contributed by atoms with Crippen LogP contribution in [-0.2, 0) is 26.0 Å². The summed E-state index contributed by atoms with van der Waals surface area (Å²) in [5.41, 5.74) is 0.885. The largest absolute Gasteiger partial charge is 0.508 e. The van der Waals surface area contributed by atoms with Crippen LogP contribution in [0.3, 0.4) is 0 Å². The number of allylic oxidation sites excluding steroid dienone is 3. The lowest BCUT2D eigenvalue weighted by atomic mass is 9.84. The molecule has 1 aliphatic rings. The Morgan fingerprint density at radius 1 is 1.10 bits per heavy atom. The molecule has 0 saturated carbocycles. The second-order valence-corrected chi connectivity index (χ2v) is 9.51. The highest BCUT2D eigenvalue weighted by molar-refractivity contribution is 7.91. The molecule has 1 aromatic rings. The van der Waals surface area contributed by atoms with Crippen molar-refractivity contribution in [2.75, 3.05) is 25.5 Å². The molecule has 0 fully saturated rings. The fourth-order valence-corrected chi connectivity index (χ4v) is 4.58. The van der Waals surface area contributed by atoms with E-state index < -0.39 is 27.2 Å². The Kier molecular flexibility index (Phi) is 8.45. The summed E-state index contributed by atoms with van der Waals surface area (Å²) in [6.45, 7) is 1.56. The van der Waals surface area contributed by atoms with Crippen molar-refractivity contribution >= 4 is 33.4 Å². The average Bonchev–Trinajstić information content (AvgIpc) is 2.72. The first kappa shape index (κ1) is 23.9. The van der Waals surface area contributed by atoms with E-state index in [1.54, 1.807) is 49.4 Å². The molecule has 164 valence electrons. The van der Waals surface area contributed by atoms with Gasteiger partial charge in [0.2, 0.25) is 21.8 Å². The number of halogens is 1. The molecule has 0 saturated heterocycles. The molecule has 0 bridgehead atoms. The first-order valence-corrected chi connectivity index (χ1v) is 11.4. The number of hydrogen-bond acceptors (Lipinski definition) is 5. The minimum atomic E-state index is -3.89. The molecule has 4 N–H and O–H groups in total. The number of benzene rings is 1. The minimum absolute atomic E-state index is 0.142.